The molecule has 0 bridgehead atoms. The molecule has 0 aromatic carbocycles. The average molecular weight is 1140 g/mol. The number of hydrogen-bond acceptors (Lipinski definition) is 6. The maximum absolute atomic E-state index is 13.0. The Bertz CT molecular complexity index is 1400. The molecule has 1 unspecified atom stereocenters. The monoisotopic (exact) mass is 1140 g/mol. The number of ether oxygens (including phenoxy) is 3. The average Bonchev–Trinajstić information content (AvgIpc) is 3.47. The van der Waals surface area contributed by atoms with Crippen LogP contribution in [-0.4, -0.2) is 37.2 Å². The van der Waals surface area contributed by atoms with Gasteiger partial charge in [0.2, 0.25) is 0 Å². The molecule has 0 aliphatic carbocycles. The number of allylic oxidation sites excluding steroid dienone is 8. The standard InChI is InChI=1S/C75H138O6/c1-4-7-10-13-16-19-22-25-28-31-34-36-37-38-40-41-44-47-50-53-56-59-62-65-68-74(77)80-71-72(70-79-73(76)67-64-61-58-55-52-49-46-43-33-30-27-24-21-18-15-12-9-6-3)81-75(78)69-66-63-60-57-54-51-48-45-42-39-35-32-29-26-23-20-17-14-11-8-5-2/h8,11,17,20,26,29,35,39,72H,4-7,9-10,12-16,18-19,21-25,27-28,30-34,36-38,40-71H2,1-3H3/b11-8-,20-17-,29-26-,39-35-. The zero-order valence-corrected chi connectivity index (χ0v) is 54.6. The van der Waals surface area contributed by atoms with Gasteiger partial charge in [-0.25, -0.2) is 0 Å². The van der Waals surface area contributed by atoms with Crippen LogP contribution in [-0.2, 0) is 28.6 Å². The van der Waals surface area contributed by atoms with Crippen LogP contribution in [0.3, 0.4) is 0 Å². The summed E-state index contributed by atoms with van der Waals surface area (Å²) < 4.78 is 17.0. The third-order valence-electron chi connectivity index (χ3n) is 16.3. The minimum atomic E-state index is -0.776. The smallest absolute Gasteiger partial charge is 0.306 e. The first kappa shape index (κ1) is 78.4. The minimum Gasteiger partial charge on any atom is -0.462 e. The highest BCUT2D eigenvalue weighted by Gasteiger charge is 2.19. The fraction of sp³-hybridized carbons (Fsp3) is 0.853. The van der Waals surface area contributed by atoms with Crippen LogP contribution in [0, 0.1) is 0 Å². The summed E-state index contributed by atoms with van der Waals surface area (Å²) in [6.45, 7) is 6.61. The summed E-state index contributed by atoms with van der Waals surface area (Å²) in [5.41, 5.74) is 0. The molecular formula is C75H138O6. The van der Waals surface area contributed by atoms with Crippen LogP contribution >= 0.6 is 0 Å². The Morgan fingerprint density at radius 3 is 0.753 bits per heavy atom. The van der Waals surface area contributed by atoms with E-state index in [-0.39, 0.29) is 31.1 Å². The lowest BCUT2D eigenvalue weighted by molar-refractivity contribution is -0.167. The van der Waals surface area contributed by atoms with E-state index < -0.39 is 6.10 Å². The second-order valence-corrected chi connectivity index (χ2v) is 24.5. The highest BCUT2D eigenvalue weighted by atomic mass is 16.6. The molecule has 0 saturated carbocycles. The molecular weight excluding hydrogens is 997 g/mol. The predicted octanol–water partition coefficient (Wildman–Crippen LogP) is 24.9. The van der Waals surface area contributed by atoms with Gasteiger partial charge in [-0.05, 0) is 57.8 Å². The first-order valence-electron chi connectivity index (χ1n) is 36.1. The van der Waals surface area contributed by atoms with Gasteiger partial charge in [0, 0.05) is 19.3 Å². The lowest BCUT2D eigenvalue weighted by atomic mass is 10.0. The topological polar surface area (TPSA) is 78.9 Å². The van der Waals surface area contributed by atoms with Crippen molar-refractivity contribution >= 4 is 17.9 Å². The van der Waals surface area contributed by atoms with Gasteiger partial charge in [0.1, 0.15) is 13.2 Å². The van der Waals surface area contributed by atoms with E-state index in [0.717, 1.165) is 89.9 Å². The Kier molecular flexibility index (Phi) is 67.6. The maximum atomic E-state index is 13.0. The Hall–Kier alpha value is -2.63. The Morgan fingerprint density at radius 1 is 0.259 bits per heavy atom. The fourth-order valence-corrected chi connectivity index (χ4v) is 11.0. The molecule has 0 heterocycles. The van der Waals surface area contributed by atoms with E-state index in [9.17, 15) is 14.4 Å². The second-order valence-electron chi connectivity index (χ2n) is 24.5. The summed E-state index contributed by atoms with van der Waals surface area (Å²) >= 11 is 0. The zero-order valence-electron chi connectivity index (χ0n) is 54.6. The van der Waals surface area contributed by atoms with E-state index in [1.807, 2.05) is 0 Å². The number of carbonyl (C=O) groups is 3. The largest absolute Gasteiger partial charge is 0.462 e. The molecule has 0 aromatic rings. The summed E-state index contributed by atoms with van der Waals surface area (Å²) in [5, 5.41) is 0. The molecule has 6 nitrogen and oxygen atoms in total. The molecule has 0 fully saturated rings. The first-order valence-corrected chi connectivity index (χ1v) is 36.1. The van der Waals surface area contributed by atoms with Gasteiger partial charge in [0.25, 0.3) is 0 Å². The van der Waals surface area contributed by atoms with Crippen molar-refractivity contribution in [2.75, 3.05) is 13.2 Å². The van der Waals surface area contributed by atoms with E-state index >= 15 is 0 Å². The number of hydrogen-bond donors (Lipinski definition) is 0. The van der Waals surface area contributed by atoms with Crippen molar-refractivity contribution in [1.29, 1.82) is 0 Å². The lowest BCUT2D eigenvalue weighted by Gasteiger charge is -2.18. The molecule has 6 heteroatoms. The third kappa shape index (κ3) is 68.0. The Balaban J connectivity index is 4.31. The van der Waals surface area contributed by atoms with E-state index in [1.54, 1.807) is 0 Å². The van der Waals surface area contributed by atoms with Crippen molar-refractivity contribution in [2.24, 2.45) is 0 Å². The Labute approximate surface area is 505 Å². The molecule has 0 aromatic heterocycles. The van der Waals surface area contributed by atoms with Crippen molar-refractivity contribution in [3.63, 3.8) is 0 Å². The summed E-state index contributed by atoms with van der Waals surface area (Å²) in [6.07, 6.45) is 88.5. The normalized spacial score (nSPS) is 12.3. The lowest BCUT2D eigenvalue weighted by Crippen LogP contribution is -2.30. The quantitative estimate of drug-likeness (QED) is 0.0261. The van der Waals surface area contributed by atoms with Gasteiger partial charge in [0.15, 0.2) is 6.10 Å². The fourth-order valence-electron chi connectivity index (χ4n) is 11.0. The number of carbonyl (C=O) groups excluding carboxylic acids is 3. The maximum Gasteiger partial charge on any atom is 0.306 e. The molecule has 474 valence electrons. The van der Waals surface area contributed by atoms with Gasteiger partial charge >= 0.3 is 17.9 Å². The summed E-state index contributed by atoms with van der Waals surface area (Å²) in [6, 6.07) is 0. The van der Waals surface area contributed by atoms with Gasteiger partial charge < -0.3 is 14.2 Å². The molecule has 1 atom stereocenters. The SMILES string of the molecule is CC/C=C\C/C=C\C/C=C\C/C=C\CCCCCCCCCCC(=O)OC(COC(=O)CCCCCCCCCCCCCCCCCCCC)COC(=O)CCCCCCCCCCCCCCCCCCCCCCCCCC. The van der Waals surface area contributed by atoms with Crippen molar-refractivity contribution in [1.82, 2.24) is 0 Å². The van der Waals surface area contributed by atoms with Crippen LogP contribution in [0.15, 0.2) is 48.6 Å². The zero-order chi connectivity index (χ0) is 58.5. The second kappa shape index (κ2) is 69.9. The summed E-state index contributed by atoms with van der Waals surface area (Å²) in [5.74, 6) is -0.847. The molecule has 0 aliphatic rings. The summed E-state index contributed by atoms with van der Waals surface area (Å²) in [7, 11) is 0. The van der Waals surface area contributed by atoms with Crippen LogP contribution in [0.5, 0.6) is 0 Å². The molecule has 0 rings (SSSR count). The van der Waals surface area contributed by atoms with E-state index in [0.29, 0.717) is 19.3 Å². The number of rotatable bonds is 67. The third-order valence-corrected chi connectivity index (χ3v) is 16.3. The molecule has 81 heavy (non-hydrogen) atoms. The highest BCUT2D eigenvalue weighted by Crippen LogP contribution is 2.19. The van der Waals surface area contributed by atoms with Crippen molar-refractivity contribution in [2.45, 2.75) is 399 Å². The number of esters is 3. The van der Waals surface area contributed by atoms with Gasteiger partial charge in [-0.15, -0.1) is 0 Å². The molecule has 0 amide bonds. The highest BCUT2D eigenvalue weighted by molar-refractivity contribution is 5.71. The van der Waals surface area contributed by atoms with Crippen LogP contribution in [0.1, 0.15) is 393 Å². The van der Waals surface area contributed by atoms with Crippen LogP contribution in [0.25, 0.3) is 0 Å². The molecule has 0 aliphatic heterocycles. The van der Waals surface area contributed by atoms with Gasteiger partial charge in [0.05, 0.1) is 0 Å². The van der Waals surface area contributed by atoms with Crippen molar-refractivity contribution in [3.05, 3.63) is 48.6 Å². The van der Waals surface area contributed by atoms with Crippen LogP contribution in [0.4, 0.5) is 0 Å². The van der Waals surface area contributed by atoms with Gasteiger partial charge in [-0.1, -0.05) is 365 Å². The van der Waals surface area contributed by atoms with Gasteiger partial charge in [-0.2, -0.15) is 0 Å². The van der Waals surface area contributed by atoms with Gasteiger partial charge in [-0.3, -0.25) is 14.4 Å². The Morgan fingerprint density at radius 2 is 0.481 bits per heavy atom. The molecule has 0 radical (unpaired) electrons. The van der Waals surface area contributed by atoms with E-state index in [1.165, 1.54) is 263 Å². The first-order chi connectivity index (χ1) is 40.0. The molecule has 0 saturated heterocycles. The molecule has 0 N–H and O–H groups in total. The minimum absolute atomic E-state index is 0.0707. The number of unbranched alkanes of at least 4 members (excludes halogenated alkanes) is 48. The molecule has 0 spiro atoms. The van der Waals surface area contributed by atoms with Crippen LogP contribution in [0.2, 0.25) is 0 Å². The van der Waals surface area contributed by atoms with Crippen molar-refractivity contribution in [3.8, 4) is 0 Å². The summed E-state index contributed by atoms with van der Waals surface area (Å²) in [4.78, 5) is 38.5. The predicted molar refractivity (Wildman–Crippen MR) is 353 cm³/mol. The van der Waals surface area contributed by atoms with E-state index in [4.69, 9.17) is 14.2 Å². The van der Waals surface area contributed by atoms with E-state index in [2.05, 4.69) is 69.4 Å². The van der Waals surface area contributed by atoms with Crippen LogP contribution < -0.4 is 0 Å². The van der Waals surface area contributed by atoms with Crippen molar-refractivity contribution < 1.29 is 28.6 Å².